The number of aliphatic imine (C=N–C) groups is 1. The molecule has 0 radical (unpaired) electrons. The van der Waals surface area contributed by atoms with Crippen LogP contribution in [0, 0.1) is 0 Å². The van der Waals surface area contributed by atoms with Gasteiger partial charge in [-0.05, 0) is 19.7 Å². The van der Waals surface area contributed by atoms with Crippen molar-refractivity contribution in [3.63, 3.8) is 0 Å². The summed E-state index contributed by atoms with van der Waals surface area (Å²) >= 11 is 0. The van der Waals surface area contributed by atoms with Gasteiger partial charge in [-0.15, -0.1) is 0 Å². The predicted octanol–water partition coefficient (Wildman–Crippen LogP) is 1.78. The Morgan fingerprint density at radius 2 is 2.29 bits per heavy atom. The highest BCUT2D eigenvalue weighted by molar-refractivity contribution is 5.29. The van der Waals surface area contributed by atoms with Crippen molar-refractivity contribution in [1.29, 1.82) is 0 Å². The van der Waals surface area contributed by atoms with E-state index in [1.807, 2.05) is 6.92 Å². The molecule has 0 N–H and O–H groups in total. The Labute approximate surface area is 44.1 Å². The van der Waals surface area contributed by atoms with Crippen molar-refractivity contribution in [1.82, 2.24) is 0 Å². The molecule has 1 nitrogen and oxygen atoms in total. The Morgan fingerprint density at radius 3 is 2.43 bits per heavy atom. The summed E-state index contributed by atoms with van der Waals surface area (Å²) in [6, 6.07) is 0. The molecule has 38 valence electrons. The maximum absolute atomic E-state index is 3.62. The number of hydrogen-bond donors (Lipinski definition) is 0. The summed E-state index contributed by atoms with van der Waals surface area (Å²) in [4.78, 5) is 3.62. The van der Waals surface area contributed by atoms with Crippen LogP contribution in [0.3, 0.4) is 0 Å². The molecule has 1 heteroatoms. The Hall–Kier alpha value is -0.850. The van der Waals surface area contributed by atoms with Crippen LogP contribution < -0.4 is 0 Å². The minimum Gasteiger partial charge on any atom is -0.269 e. The van der Waals surface area contributed by atoms with Crippen molar-refractivity contribution in [3.05, 3.63) is 24.4 Å². The topological polar surface area (TPSA) is 12.4 Å². The fourth-order valence-electron chi connectivity index (χ4n) is 0.223. The highest BCUT2D eigenvalue weighted by Crippen LogP contribution is 1.89. The van der Waals surface area contributed by atoms with Crippen LogP contribution in [0.15, 0.2) is 29.4 Å². The lowest BCUT2D eigenvalue weighted by Gasteiger charge is -1.80. The molecule has 7 heavy (non-hydrogen) atoms. The minimum absolute atomic E-state index is 0.898. The molecule has 0 saturated carbocycles. The molecule has 0 unspecified atom stereocenters. The van der Waals surface area contributed by atoms with Crippen LogP contribution in [0.25, 0.3) is 0 Å². The van der Waals surface area contributed by atoms with Gasteiger partial charge in [0.2, 0.25) is 0 Å². The van der Waals surface area contributed by atoms with Crippen molar-refractivity contribution in [2.45, 2.75) is 6.92 Å². The van der Waals surface area contributed by atoms with Gasteiger partial charge in [0, 0.05) is 5.70 Å². The minimum atomic E-state index is 0.898. The summed E-state index contributed by atoms with van der Waals surface area (Å²) in [5.41, 5.74) is 0.898. The second-order valence-electron chi connectivity index (χ2n) is 1.20. The van der Waals surface area contributed by atoms with Crippen molar-refractivity contribution in [2.24, 2.45) is 4.99 Å². The van der Waals surface area contributed by atoms with E-state index < -0.39 is 0 Å². The predicted molar refractivity (Wildman–Crippen MR) is 33.5 cm³/mol. The fraction of sp³-hybridized carbons (Fsp3) is 0.167. The van der Waals surface area contributed by atoms with Crippen LogP contribution in [-0.2, 0) is 0 Å². The molecule has 0 amide bonds. The van der Waals surface area contributed by atoms with E-state index in [1.165, 1.54) is 0 Å². The van der Waals surface area contributed by atoms with E-state index in [9.17, 15) is 0 Å². The smallest absolute Gasteiger partial charge is 0.0365 e. The second-order valence-corrected chi connectivity index (χ2v) is 1.20. The van der Waals surface area contributed by atoms with Crippen LogP contribution in [0.1, 0.15) is 6.92 Å². The molecule has 0 spiro atoms. The van der Waals surface area contributed by atoms with E-state index >= 15 is 0 Å². The van der Waals surface area contributed by atoms with Crippen molar-refractivity contribution < 1.29 is 0 Å². The highest BCUT2D eigenvalue weighted by Gasteiger charge is 1.69. The van der Waals surface area contributed by atoms with E-state index in [4.69, 9.17) is 0 Å². The summed E-state index contributed by atoms with van der Waals surface area (Å²) < 4.78 is 0. The van der Waals surface area contributed by atoms with Crippen LogP contribution in [0.4, 0.5) is 0 Å². The zero-order chi connectivity index (χ0) is 5.70. The SMILES string of the molecule is C=C/C=C(/C)N=C. The lowest BCUT2D eigenvalue weighted by Crippen LogP contribution is -1.60. The molecular weight excluding hydrogens is 86.1 g/mol. The van der Waals surface area contributed by atoms with E-state index in [-0.39, 0.29) is 0 Å². The summed E-state index contributed by atoms with van der Waals surface area (Å²) in [6.45, 7) is 8.67. The number of hydrogen-bond acceptors (Lipinski definition) is 1. The summed E-state index contributed by atoms with van der Waals surface area (Å²) in [7, 11) is 0. The van der Waals surface area contributed by atoms with Crippen LogP contribution in [0.5, 0.6) is 0 Å². The van der Waals surface area contributed by atoms with Crippen molar-refractivity contribution in [3.8, 4) is 0 Å². The molecule has 0 aromatic rings. The first-order chi connectivity index (χ1) is 3.31. The third-order valence-electron chi connectivity index (χ3n) is 0.608. The maximum Gasteiger partial charge on any atom is 0.0365 e. The Kier molecular flexibility index (Phi) is 2.94. The van der Waals surface area contributed by atoms with E-state index in [2.05, 4.69) is 18.3 Å². The average molecular weight is 95.1 g/mol. The Morgan fingerprint density at radius 1 is 1.71 bits per heavy atom. The van der Waals surface area contributed by atoms with E-state index in [1.54, 1.807) is 12.2 Å². The summed E-state index contributed by atoms with van der Waals surface area (Å²) in [5, 5.41) is 0. The van der Waals surface area contributed by atoms with Gasteiger partial charge in [0.25, 0.3) is 0 Å². The molecule has 0 saturated heterocycles. The van der Waals surface area contributed by atoms with Gasteiger partial charge in [-0.2, -0.15) is 0 Å². The second kappa shape index (κ2) is 3.34. The standard InChI is InChI=1S/C6H9N/c1-4-5-6(2)7-3/h4-5H,1,3H2,2H3/b6-5-. The zero-order valence-electron chi connectivity index (χ0n) is 4.52. The maximum atomic E-state index is 3.62. The molecule has 0 aromatic heterocycles. The van der Waals surface area contributed by atoms with Crippen LogP contribution in [-0.4, -0.2) is 6.72 Å². The molecule has 0 aliphatic heterocycles. The number of rotatable bonds is 2. The van der Waals surface area contributed by atoms with Gasteiger partial charge in [0.15, 0.2) is 0 Å². The average Bonchev–Trinajstić information content (AvgIpc) is 1.68. The van der Waals surface area contributed by atoms with Gasteiger partial charge in [-0.1, -0.05) is 12.7 Å². The largest absolute Gasteiger partial charge is 0.269 e. The van der Waals surface area contributed by atoms with E-state index in [0.717, 1.165) is 5.70 Å². The first-order valence-electron chi connectivity index (χ1n) is 2.07. The molecule has 0 fully saturated rings. The first kappa shape index (κ1) is 6.15. The monoisotopic (exact) mass is 95.1 g/mol. The Bertz CT molecular complexity index is 101. The van der Waals surface area contributed by atoms with E-state index in [0.29, 0.717) is 0 Å². The third kappa shape index (κ3) is 2.97. The lowest BCUT2D eigenvalue weighted by molar-refractivity contribution is 1.33. The molecule has 0 atom stereocenters. The Balaban J connectivity index is 3.72. The number of nitrogens with zero attached hydrogens (tertiary/aromatic N) is 1. The summed E-state index contributed by atoms with van der Waals surface area (Å²) in [5.74, 6) is 0. The first-order valence-corrected chi connectivity index (χ1v) is 2.07. The van der Waals surface area contributed by atoms with Crippen LogP contribution in [0.2, 0.25) is 0 Å². The lowest BCUT2D eigenvalue weighted by atomic mass is 10.4. The molecular formula is C6H9N. The van der Waals surface area contributed by atoms with Gasteiger partial charge >= 0.3 is 0 Å². The van der Waals surface area contributed by atoms with Gasteiger partial charge in [-0.3, -0.25) is 4.99 Å². The van der Waals surface area contributed by atoms with Gasteiger partial charge in [0.05, 0.1) is 0 Å². The molecule has 0 heterocycles. The number of allylic oxidation sites excluding steroid dienone is 3. The van der Waals surface area contributed by atoms with Gasteiger partial charge in [-0.25, -0.2) is 0 Å². The van der Waals surface area contributed by atoms with Crippen molar-refractivity contribution >= 4 is 6.72 Å². The molecule has 0 bridgehead atoms. The molecule has 0 aliphatic carbocycles. The molecule has 0 aliphatic rings. The van der Waals surface area contributed by atoms with Gasteiger partial charge < -0.3 is 0 Å². The summed E-state index contributed by atoms with van der Waals surface area (Å²) in [6.07, 6.45) is 3.48. The molecule has 0 aromatic carbocycles. The normalized spacial score (nSPS) is 10.7. The zero-order valence-corrected chi connectivity index (χ0v) is 4.52. The van der Waals surface area contributed by atoms with Crippen LogP contribution >= 0.6 is 0 Å². The van der Waals surface area contributed by atoms with Crippen molar-refractivity contribution in [2.75, 3.05) is 0 Å². The van der Waals surface area contributed by atoms with Gasteiger partial charge in [0.1, 0.15) is 0 Å². The fourth-order valence-corrected chi connectivity index (χ4v) is 0.223. The quantitative estimate of drug-likeness (QED) is 0.366. The highest BCUT2D eigenvalue weighted by atomic mass is 14.7. The molecule has 0 rings (SSSR count). The third-order valence-corrected chi connectivity index (χ3v) is 0.608.